The number of hydrogen-bond donors (Lipinski definition) is 1. The molecule has 7 heteroatoms. The lowest BCUT2D eigenvalue weighted by atomic mass is 9.89. The van der Waals surface area contributed by atoms with Crippen molar-refractivity contribution in [2.24, 2.45) is 0 Å². The van der Waals surface area contributed by atoms with Crippen molar-refractivity contribution in [3.05, 3.63) is 59.7 Å². The largest absolute Gasteiger partial charge is 0.487 e. The Labute approximate surface area is 179 Å². The number of carbonyl (C=O) groups is 1. The molecule has 1 heterocycles. The predicted molar refractivity (Wildman–Crippen MR) is 119 cm³/mol. The Hall–Kier alpha value is -2.54. The molecule has 0 aliphatic carbocycles. The summed E-state index contributed by atoms with van der Waals surface area (Å²) in [6.45, 7) is 7.79. The summed E-state index contributed by atoms with van der Waals surface area (Å²) in [5.74, 6) is 0.439. The van der Waals surface area contributed by atoms with Gasteiger partial charge in [-0.15, -0.1) is 0 Å². The number of benzene rings is 2. The van der Waals surface area contributed by atoms with Crippen LogP contribution in [0.15, 0.2) is 48.5 Å². The molecule has 162 valence electrons. The number of fused-ring (bicyclic) bond motifs is 1. The Kier molecular flexibility index (Phi) is 6.13. The minimum Gasteiger partial charge on any atom is -0.487 e. The molecule has 0 unspecified atom stereocenters. The van der Waals surface area contributed by atoms with E-state index in [-0.39, 0.29) is 11.9 Å². The first-order valence-corrected chi connectivity index (χ1v) is 12.0. The van der Waals surface area contributed by atoms with Gasteiger partial charge < -0.3 is 10.1 Å². The molecule has 0 saturated heterocycles. The normalized spacial score (nSPS) is 18.6. The molecular weight excluding hydrogens is 400 g/mol. The van der Waals surface area contributed by atoms with Crippen molar-refractivity contribution in [1.29, 1.82) is 0 Å². The number of anilines is 1. The summed E-state index contributed by atoms with van der Waals surface area (Å²) in [5, 5.41) is 3.10. The molecule has 1 aliphatic rings. The molecule has 6 nitrogen and oxygen atoms in total. The van der Waals surface area contributed by atoms with Gasteiger partial charge in [-0.2, -0.15) is 0 Å². The number of aryl methyl sites for hydroxylation is 1. The van der Waals surface area contributed by atoms with Gasteiger partial charge in [0.05, 0.1) is 18.0 Å². The van der Waals surface area contributed by atoms with E-state index in [1.165, 1.54) is 4.31 Å². The van der Waals surface area contributed by atoms with Crippen LogP contribution in [-0.4, -0.2) is 32.2 Å². The minimum atomic E-state index is -3.66. The van der Waals surface area contributed by atoms with E-state index in [0.29, 0.717) is 18.5 Å². The summed E-state index contributed by atoms with van der Waals surface area (Å²) < 4.78 is 32.5. The maximum Gasteiger partial charge on any atom is 0.244 e. The van der Waals surface area contributed by atoms with Crippen molar-refractivity contribution < 1.29 is 17.9 Å². The first-order valence-electron chi connectivity index (χ1n) is 10.2. The topological polar surface area (TPSA) is 75.7 Å². The lowest BCUT2D eigenvalue weighted by molar-refractivity contribution is -0.123. The summed E-state index contributed by atoms with van der Waals surface area (Å²) in [6.07, 6.45) is 2.07. The van der Waals surface area contributed by atoms with Crippen molar-refractivity contribution in [3.63, 3.8) is 0 Å². The SMILES string of the molecule is CC[C@H](C(=O)N[C@H]1CC(C)(C)Oc2cc(C)ccc21)N(c1ccccc1)S(C)(=O)=O. The standard InChI is InChI=1S/C23H30N2O4S/c1-6-20(25(30(5,27)28)17-10-8-7-9-11-17)22(26)24-19-15-23(3,4)29-21-14-16(2)12-13-18(19)21/h7-14,19-20H,6,15H2,1-5H3,(H,24,26)/t19-,20+/m0/s1. The third-order valence-corrected chi connectivity index (χ3v) is 6.46. The van der Waals surface area contributed by atoms with Crippen LogP contribution in [0.3, 0.4) is 0 Å². The molecule has 30 heavy (non-hydrogen) atoms. The van der Waals surface area contributed by atoms with Crippen LogP contribution in [0.1, 0.15) is 50.8 Å². The highest BCUT2D eigenvalue weighted by Gasteiger charge is 2.37. The van der Waals surface area contributed by atoms with E-state index in [1.54, 1.807) is 24.3 Å². The predicted octanol–water partition coefficient (Wildman–Crippen LogP) is 3.96. The van der Waals surface area contributed by atoms with E-state index in [9.17, 15) is 13.2 Å². The zero-order valence-corrected chi connectivity index (χ0v) is 19.0. The van der Waals surface area contributed by atoms with Crippen LogP contribution in [-0.2, 0) is 14.8 Å². The second-order valence-electron chi connectivity index (χ2n) is 8.49. The van der Waals surface area contributed by atoms with Crippen LogP contribution >= 0.6 is 0 Å². The van der Waals surface area contributed by atoms with Crippen LogP contribution in [0.4, 0.5) is 5.69 Å². The minimum absolute atomic E-state index is 0.261. The van der Waals surface area contributed by atoms with Gasteiger partial charge in [0, 0.05) is 12.0 Å². The van der Waals surface area contributed by atoms with E-state index in [4.69, 9.17) is 4.74 Å². The van der Waals surface area contributed by atoms with Gasteiger partial charge in [0.15, 0.2) is 0 Å². The van der Waals surface area contributed by atoms with E-state index in [0.717, 1.165) is 23.1 Å². The summed E-state index contributed by atoms with van der Waals surface area (Å²) in [7, 11) is -3.66. The first-order chi connectivity index (χ1) is 14.0. The van der Waals surface area contributed by atoms with Crippen LogP contribution in [0, 0.1) is 6.92 Å². The molecule has 2 aromatic rings. The second kappa shape index (κ2) is 8.30. The monoisotopic (exact) mass is 430 g/mol. The van der Waals surface area contributed by atoms with Gasteiger partial charge in [0.1, 0.15) is 17.4 Å². The van der Waals surface area contributed by atoms with Crippen molar-refractivity contribution in [1.82, 2.24) is 5.32 Å². The smallest absolute Gasteiger partial charge is 0.244 e. The zero-order valence-electron chi connectivity index (χ0n) is 18.2. The van der Waals surface area contributed by atoms with Gasteiger partial charge in [0.2, 0.25) is 15.9 Å². The zero-order chi connectivity index (χ0) is 22.1. The summed E-state index contributed by atoms with van der Waals surface area (Å²) in [5.41, 5.74) is 2.02. The van der Waals surface area contributed by atoms with Crippen molar-refractivity contribution in [3.8, 4) is 5.75 Å². The third kappa shape index (κ3) is 4.78. The third-order valence-electron chi connectivity index (χ3n) is 5.28. The summed E-state index contributed by atoms with van der Waals surface area (Å²) in [6, 6.07) is 13.6. The fraction of sp³-hybridized carbons (Fsp3) is 0.435. The molecule has 1 aliphatic heterocycles. The molecule has 0 aromatic heterocycles. The number of nitrogens with zero attached hydrogens (tertiary/aromatic N) is 1. The number of amides is 1. The lowest BCUT2D eigenvalue weighted by Gasteiger charge is -2.39. The summed E-state index contributed by atoms with van der Waals surface area (Å²) in [4.78, 5) is 13.3. The highest BCUT2D eigenvalue weighted by Crippen LogP contribution is 2.40. The van der Waals surface area contributed by atoms with Gasteiger partial charge in [-0.25, -0.2) is 8.42 Å². The Bertz CT molecular complexity index is 1020. The van der Waals surface area contributed by atoms with E-state index >= 15 is 0 Å². The number of rotatable bonds is 6. The molecule has 0 bridgehead atoms. The number of carbonyl (C=O) groups excluding carboxylic acids is 1. The van der Waals surface area contributed by atoms with Crippen LogP contribution in [0.25, 0.3) is 0 Å². The van der Waals surface area contributed by atoms with E-state index in [1.807, 2.05) is 52.0 Å². The molecule has 0 spiro atoms. The molecule has 0 radical (unpaired) electrons. The van der Waals surface area contributed by atoms with Crippen LogP contribution < -0.4 is 14.4 Å². The van der Waals surface area contributed by atoms with E-state index < -0.39 is 21.7 Å². The Morgan fingerprint density at radius 3 is 2.50 bits per heavy atom. The average Bonchev–Trinajstić information content (AvgIpc) is 2.64. The summed E-state index contributed by atoms with van der Waals surface area (Å²) >= 11 is 0. The number of sulfonamides is 1. The van der Waals surface area contributed by atoms with Gasteiger partial charge in [-0.1, -0.05) is 37.3 Å². The highest BCUT2D eigenvalue weighted by molar-refractivity contribution is 7.92. The molecule has 1 amide bonds. The fourth-order valence-electron chi connectivity index (χ4n) is 3.99. The van der Waals surface area contributed by atoms with Crippen LogP contribution in [0.5, 0.6) is 5.75 Å². The van der Waals surface area contributed by atoms with Crippen molar-refractivity contribution in [2.75, 3.05) is 10.6 Å². The molecule has 1 N–H and O–H groups in total. The average molecular weight is 431 g/mol. The van der Waals surface area contributed by atoms with Crippen LogP contribution in [0.2, 0.25) is 0 Å². The number of nitrogens with one attached hydrogen (secondary N) is 1. The fourth-order valence-corrected chi connectivity index (χ4v) is 5.20. The van der Waals surface area contributed by atoms with Crippen molar-refractivity contribution in [2.45, 2.75) is 58.2 Å². The van der Waals surface area contributed by atoms with Gasteiger partial charge >= 0.3 is 0 Å². The molecular formula is C23H30N2O4S. The Morgan fingerprint density at radius 2 is 1.90 bits per heavy atom. The Balaban J connectivity index is 1.93. The van der Waals surface area contributed by atoms with E-state index in [2.05, 4.69) is 5.32 Å². The number of para-hydroxylation sites is 1. The molecule has 0 saturated carbocycles. The van der Waals surface area contributed by atoms with Gasteiger partial charge in [-0.05, 0) is 51.0 Å². The quantitative estimate of drug-likeness (QED) is 0.753. The second-order valence-corrected chi connectivity index (χ2v) is 10.3. The molecule has 2 atom stereocenters. The molecule has 0 fully saturated rings. The lowest BCUT2D eigenvalue weighted by Crippen LogP contribution is -2.51. The maximum absolute atomic E-state index is 13.3. The first kappa shape index (κ1) is 22.2. The molecule has 3 rings (SSSR count). The highest BCUT2D eigenvalue weighted by atomic mass is 32.2. The number of hydrogen-bond acceptors (Lipinski definition) is 4. The van der Waals surface area contributed by atoms with Gasteiger partial charge in [-0.3, -0.25) is 9.10 Å². The van der Waals surface area contributed by atoms with Gasteiger partial charge in [0.25, 0.3) is 0 Å². The maximum atomic E-state index is 13.3. The Morgan fingerprint density at radius 1 is 1.23 bits per heavy atom. The van der Waals surface area contributed by atoms with Crippen molar-refractivity contribution >= 4 is 21.6 Å². The molecule has 2 aromatic carbocycles. The number of ether oxygens (including phenoxy) is 1.